The van der Waals surface area contributed by atoms with Gasteiger partial charge in [0.05, 0.1) is 11.3 Å². The first-order chi connectivity index (χ1) is 17.6. The van der Waals surface area contributed by atoms with Gasteiger partial charge in [0.25, 0.3) is 5.91 Å². The minimum atomic E-state index is -2.78. The van der Waals surface area contributed by atoms with Crippen molar-refractivity contribution >= 4 is 34.5 Å². The van der Waals surface area contributed by atoms with Crippen LogP contribution in [0.1, 0.15) is 23.2 Å². The van der Waals surface area contributed by atoms with Gasteiger partial charge < -0.3 is 30.9 Å². The summed E-state index contributed by atoms with van der Waals surface area (Å²) in [5, 5.41) is 30.1. The van der Waals surface area contributed by atoms with E-state index in [2.05, 4.69) is 30.6 Å². The number of nitrogens with one attached hydrogen (secondary N) is 3. The number of fused-ring (bicyclic) bond motifs is 1. The lowest BCUT2D eigenvalue weighted by atomic mass is 10.1. The van der Waals surface area contributed by atoms with E-state index in [-0.39, 0.29) is 17.5 Å². The van der Waals surface area contributed by atoms with Gasteiger partial charge >= 0.3 is 0 Å². The van der Waals surface area contributed by atoms with E-state index in [1.807, 2.05) is 0 Å². The minimum Gasteiger partial charge on any atom is -0.387 e. The number of ether oxygens (including phenoxy) is 1. The number of anilines is 1. The van der Waals surface area contributed by atoms with E-state index in [9.17, 15) is 15.0 Å². The molecule has 2 fully saturated rings. The summed E-state index contributed by atoms with van der Waals surface area (Å²) in [7, 11) is 0. The Bertz CT molecular complexity index is 1300. The second-order valence-electron chi connectivity index (χ2n) is 8.20. The first kappa shape index (κ1) is 19.4. The number of pyridine rings is 1. The number of aliphatic hydroxyl groups excluding tert-OH is 2. The Hall–Kier alpha value is -2.90. The molecule has 0 radical (unpaired) electrons. The quantitative estimate of drug-likeness (QED) is 0.330. The number of aromatic nitrogens is 5. The number of aliphatic hydroxyl groups is 2. The maximum Gasteiger partial charge on any atom is 0.251 e. The van der Waals surface area contributed by atoms with Crippen LogP contribution in [0.5, 0.6) is 0 Å². The lowest BCUT2D eigenvalue weighted by Gasteiger charge is -2.24. The molecule has 0 spiro atoms. The number of nitrogens with zero attached hydrogens (tertiary/aromatic N) is 5. The largest absolute Gasteiger partial charge is 0.387 e. The van der Waals surface area contributed by atoms with Gasteiger partial charge in [-0.05, 0) is 32.0 Å². The number of hydrogen-bond acceptors (Lipinski definition) is 10. The molecule has 2 aliphatic heterocycles. The highest BCUT2D eigenvalue weighted by molar-refractivity contribution is 6.30. The van der Waals surface area contributed by atoms with Gasteiger partial charge in [-0.2, -0.15) is 0 Å². The predicted molar refractivity (Wildman–Crippen MR) is 123 cm³/mol. The number of carbonyl (C=O) groups excluding carboxylic acids is 1. The average Bonchev–Trinajstić information content (AvgIpc) is 3.40. The number of hydrogen-bond donors (Lipinski definition) is 5. The number of rotatable bonds is 5. The van der Waals surface area contributed by atoms with E-state index in [1.54, 1.807) is 17.6 Å². The van der Waals surface area contributed by atoms with Gasteiger partial charge in [0.15, 0.2) is 35.1 Å². The zero-order valence-electron chi connectivity index (χ0n) is 20.8. The van der Waals surface area contributed by atoms with Crippen molar-refractivity contribution in [3.63, 3.8) is 0 Å². The Balaban J connectivity index is 1.54. The third kappa shape index (κ3) is 4.18. The fourth-order valence-electron chi connectivity index (χ4n) is 4.20. The molecule has 2 aliphatic rings. The number of piperidine rings is 1. The molecule has 3 aromatic rings. The topological polar surface area (TPSA) is 159 Å². The van der Waals surface area contributed by atoms with Gasteiger partial charge in [0, 0.05) is 35.1 Å². The van der Waals surface area contributed by atoms with Crippen molar-refractivity contribution in [1.82, 2.24) is 35.1 Å². The molecule has 34 heavy (non-hydrogen) atoms. The van der Waals surface area contributed by atoms with Crippen molar-refractivity contribution in [3.05, 3.63) is 29.8 Å². The molecule has 2 saturated heterocycles. The van der Waals surface area contributed by atoms with Gasteiger partial charge in [-0.3, -0.25) is 14.3 Å². The molecule has 0 aliphatic carbocycles. The van der Waals surface area contributed by atoms with Gasteiger partial charge in [0.2, 0.25) is 0 Å². The van der Waals surface area contributed by atoms with Crippen molar-refractivity contribution in [2.45, 2.75) is 43.4 Å². The minimum absolute atomic E-state index is 0.137. The molecule has 0 saturated carbocycles. The highest BCUT2D eigenvalue weighted by atomic mass is 35.5. The monoisotopic (exact) mass is 491 g/mol. The lowest BCUT2D eigenvalue weighted by molar-refractivity contribution is -0.137. The van der Waals surface area contributed by atoms with E-state index in [0.29, 0.717) is 21.9 Å². The van der Waals surface area contributed by atoms with Crippen LogP contribution in [0.25, 0.3) is 22.6 Å². The van der Waals surface area contributed by atoms with Crippen LogP contribution in [0.3, 0.4) is 0 Å². The van der Waals surface area contributed by atoms with Gasteiger partial charge in [-0.15, -0.1) is 0 Å². The van der Waals surface area contributed by atoms with Crippen LogP contribution in [-0.4, -0.2) is 85.0 Å². The third-order valence-corrected chi connectivity index (χ3v) is 6.17. The fourth-order valence-corrected chi connectivity index (χ4v) is 4.38. The number of imidazole rings is 1. The van der Waals surface area contributed by atoms with Crippen molar-refractivity contribution in [2.24, 2.45) is 0 Å². The van der Waals surface area contributed by atoms with Gasteiger partial charge in [0.1, 0.15) is 12.2 Å². The molecular formula is C21H25ClN8O4. The summed E-state index contributed by atoms with van der Waals surface area (Å²) in [6.07, 6.45) is -0.0137. The standard InChI is InChI=1S/C21H25ClN8O4/c1-23-20(33)16-14(31)15(32)21(34-16)30-9-26-13-18(27-12-2-4-24-5-3-12)28-17(29-19(13)30)10-6-11(22)8-25-7-10/h6-9,12,14-16,21,24,31-32H,2-5H2,1H3,(H,23,33)(H,27,28,29)/t14-,15+,16-,21+/m0/s1/i1D3. The van der Waals surface area contributed by atoms with E-state index in [0.717, 1.165) is 25.9 Å². The Morgan fingerprint density at radius 2 is 2.12 bits per heavy atom. The molecule has 13 heteroatoms. The zero-order valence-corrected chi connectivity index (χ0v) is 18.6. The molecule has 12 nitrogen and oxygen atoms in total. The summed E-state index contributed by atoms with van der Waals surface area (Å²) in [5.74, 6) is -0.340. The second-order valence-corrected chi connectivity index (χ2v) is 8.63. The SMILES string of the molecule is [2H]C([2H])([2H])NC(=O)[C@H]1O[C@@H](n2cnc3c(NC4CCNCC4)nc(-c4cncc(Cl)c4)nc32)[C@H](O)[C@@H]1O. The zero-order chi connectivity index (χ0) is 26.3. The Morgan fingerprint density at radius 3 is 2.88 bits per heavy atom. The van der Waals surface area contributed by atoms with Crippen LogP contribution in [-0.2, 0) is 9.53 Å². The molecule has 5 rings (SSSR count). The van der Waals surface area contributed by atoms with Crippen molar-refractivity contribution in [3.8, 4) is 11.4 Å². The van der Waals surface area contributed by atoms with Gasteiger partial charge in [-0.1, -0.05) is 11.6 Å². The first-order valence-corrected chi connectivity index (χ1v) is 11.1. The normalized spacial score (nSPS) is 27.2. The van der Waals surface area contributed by atoms with Crippen LogP contribution in [0.2, 0.25) is 5.02 Å². The van der Waals surface area contributed by atoms with E-state index >= 15 is 0 Å². The Labute approximate surface area is 204 Å². The number of carbonyl (C=O) groups is 1. The molecular weight excluding hydrogens is 464 g/mol. The predicted octanol–water partition coefficient (Wildman–Crippen LogP) is 0.0708. The molecule has 0 aromatic carbocycles. The number of halogens is 1. The summed E-state index contributed by atoms with van der Waals surface area (Å²) in [6, 6.07) is 1.79. The third-order valence-electron chi connectivity index (χ3n) is 5.96. The van der Waals surface area contributed by atoms with Crippen molar-refractivity contribution < 1.29 is 23.9 Å². The molecule has 0 unspecified atom stereocenters. The molecule has 0 bridgehead atoms. The van der Waals surface area contributed by atoms with Crippen molar-refractivity contribution in [2.75, 3.05) is 25.4 Å². The smallest absolute Gasteiger partial charge is 0.251 e. The van der Waals surface area contributed by atoms with Crippen molar-refractivity contribution in [1.29, 1.82) is 0 Å². The maximum absolute atomic E-state index is 12.4. The fraction of sp³-hybridized carbons (Fsp3) is 0.476. The summed E-state index contributed by atoms with van der Waals surface area (Å²) in [4.78, 5) is 30.2. The Morgan fingerprint density at radius 1 is 1.29 bits per heavy atom. The second kappa shape index (κ2) is 9.39. The van der Waals surface area contributed by atoms with Crippen LogP contribution < -0.4 is 16.0 Å². The Kier molecular flexibility index (Phi) is 5.36. The summed E-state index contributed by atoms with van der Waals surface area (Å²) in [5.41, 5.74) is 1.19. The van der Waals surface area contributed by atoms with E-state index in [1.165, 1.54) is 17.1 Å². The molecule has 1 amide bonds. The van der Waals surface area contributed by atoms with E-state index in [4.69, 9.17) is 20.5 Å². The van der Waals surface area contributed by atoms with E-state index < -0.39 is 37.4 Å². The van der Waals surface area contributed by atoms with Crippen LogP contribution in [0, 0.1) is 0 Å². The highest BCUT2D eigenvalue weighted by Gasteiger charge is 2.47. The summed E-state index contributed by atoms with van der Waals surface area (Å²) in [6.45, 7) is -1.08. The molecule has 3 aromatic heterocycles. The van der Waals surface area contributed by atoms with Crippen LogP contribution >= 0.6 is 11.6 Å². The molecule has 5 N–H and O–H groups in total. The number of amides is 1. The highest BCUT2D eigenvalue weighted by Crippen LogP contribution is 2.34. The number of likely N-dealkylation sites (N-methyl/N-ethyl adjacent to an activating group) is 1. The molecule has 5 heterocycles. The van der Waals surface area contributed by atoms with Gasteiger partial charge in [-0.25, -0.2) is 15.0 Å². The lowest BCUT2D eigenvalue weighted by Crippen LogP contribution is -2.41. The summed E-state index contributed by atoms with van der Waals surface area (Å²) < 4.78 is 28.7. The van der Waals surface area contributed by atoms with Crippen LogP contribution in [0.15, 0.2) is 24.8 Å². The summed E-state index contributed by atoms with van der Waals surface area (Å²) >= 11 is 6.13. The maximum atomic E-state index is 12.4. The molecule has 180 valence electrons. The first-order valence-electron chi connectivity index (χ1n) is 12.3. The van der Waals surface area contributed by atoms with Crippen LogP contribution in [0.4, 0.5) is 5.82 Å². The molecule has 4 atom stereocenters. The average molecular weight is 492 g/mol.